The molecule has 2 rings (SSSR count). The molecule has 2 unspecified atom stereocenters. The van der Waals surface area contributed by atoms with Gasteiger partial charge in [-0.2, -0.15) is 0 Å². The molecular formula is C16H24FN. The molecule has 2 atom stereocenters. The molecular weight excluding hydrogens is 225 g/mol. The van der Waals surface area contributed by atoms with Crippen LogP contribution in [0.2, 0.25) is 0 Å². The Balaban J connectivity index is 2.28. The topological polar surface area (TPSA) is 12.0 Å². The van der Waals surface area contributed by atoms with Crippen LogP contribution in [-0.4, -0.2) is 13.1 Å². The first kappa shape index (κ1) is 13.5. The first-order chi connectivity index (χ1) is 8.70. The van der Waals surface area contributed by atoms with Crippen LogP contribution in [0.4, 0.5) is 4.39 Å². The first-order valence-electron chi connectivity index (χ1n) is 7.16. The van der Waals surface area contributed by atoms with E-state index in [0.29, 0.717) is 5.92 Å². The molecule has 1 aromatic carbocycles. The Morgan fingerprint density at radius 2 is 2.17 bits per heavy atom. The molecule has 0 amide bonds. The van der Waals surface area contributed by atoms with Gasteiger partial charge in [-0.15, -0.1) is 0 Å². The van der Waals surface area contributed by atoms with Crippen LogP contribution in [0.5, 0.6) is 0 Å². The molecule has 2 heteroatoms. The van der Waals surface area contributed by atoms with Crippen LogP contribution in [-0.2, 0) is 5.41 Å². The zero-order valence-corrected chi connectivity index (χ0v) is 11.5. The molecule has 18 heavy (non-hydrogen) atoms. The van der Waals surface area contributed by atoms with Gasteiger partial charge in [0, 0.05) is 12.0 Å². The summed E-state index contributed by atoms with van der Waals surface area (Å²) >= 11 is 0. The highest BCUT2D eigenvalue weighted by Gasteiger charge is 2.42. The fourth-order valence-corrected chi connectivity index (χ4v) is 3.36. The van der Waals surface area contributed by atoms with E-state index in [1.165, 1.54) is 12.8 Å². The number of nitrogens with one attached hydrogen (secondary N) is 1. The molecule has 1 aliphatic carbocycles. The van der Waals surface area contributed by atoms with Crippen LogP contribution in [0.1, 0.15) is 45.1 Å². The van der Waals surface area contributed by atoms with Gasteiger partial charge in [0.1, 0.15) is 5.82 Å². The molecule has 0 bridgehead atoms. The van der Waals surface area contributed by atoms with Gasteiger partial charge in [0.15, 0.2) is 0 Å². The summed E-state index contributed by atoms with van der Waals surface area (Å²) in [5.74, 6) is 0.517. The van der Waals surface area contributed by atoms with Crippen molar-refractivity contribution >= 4 is 0 Å². The lowest BCUT2D eigenvalue weighted by molar-refractivity contribution is 0.307. The number of halogens is 1. The third-order valence-corrected chi connectivity index (χ3v) is 4.48. The summed E-state index contributed by atoms with van der Waals surface area (Å²) in [6.07, 6.45) is 4.65. The van der Waals surface area contributed by atoms with Crippen LogP contribution in [0.15, 0.2) is 24.3 Å². The monoisotopic (exact) mass is 249 g/mol. The van der Waals surface area contributed by atoms with Crippen molar-refractivity contribution in [2.45, 2.75) is 44.9 Å². The molecule has 1 fully saturated rings. The molecule has 0 aliphatic heterocycles. The summed E-state index contributed by atoms with van der Waals surface area (Å²) in [7, 11) is 0. The summed E-state index contributed by atoms with van der Waals surface area (Å²) in [4.78, 5) is 0. The van der Waals surface area contributed by atoms with E-state index in [-0.39, 0.29) is 11.2 Å². The van der Waals surface area contributed by atoms with Gasteiger partial charge < -0.3 is 5.32 Å². The summed E-state index contributed by atoms with van der Waals surface area (Å²) < 4.78 is 14.1. The normalized spacial score (nSPS) is 27.6. The van der Waals surface area contributed by atoms with Crippen molar-refractivity contribution in [2.24, 2.45) is 5.92 Å². The highest BCUT2D eigenvalue weighted by atomic mass is 19.1. The van der Waals surface area contributed by atoms with Crippen molar-refractivity contribution in [3.05, 3.63) is 35.6 Å². The molecule has 1 nitrogen and oxygen atoms in total. The maximum absolute atomic E-state index is 14.1. The van der Waals surface area contributed by atoms with Crippen molar-refractivity contribution in [1.29, 1.82) is 0 Å². The lowest BCUT2D eigenvalue weighted by Crippen LogP contribution is -2.41. The Morgan fingerprint density at radius 3 is 2.78 bits per heavy atom. The third-order valence-electron chi connectivity index (χ3n) is 4.48. The summed E-state index contributed by atoms with van der Waals surface area (Å²) in [6.45, 7) is 6.36. The quantitative estimate of drug-likeness (QED) is 0.781. The largest absolute Gasteiger partial charge is 0.316 e. The fraction of sp³-hybridized carbons (Fsp3) is 0.625. The average molecular weight is 249 g/mol. The Bertz CT molecular complexity index is 390. The van der Waals surface area contributed by atoms with Gasteiger partial charge in [-0.3, -0.25) is 0 Å². The average Bonchev–Trinajstić information content (AvgIpc) is 2.73. The standard InChI is InChI=1S/C16H24FN/c1-3-11-18-12-16(10-6-7-13(16)2)14-8-4-5-9-15(14)17/h4-5,8-9,13,18H,3,6-7,10-12H2,1-2H3. The van der Waals surface area contributed by atoms with Gasteiger partial charge in [-0.25, -0.2) is 4.39 Å². The van der Waals surface area contributed by atoms with E-state index in [1.54, 1.807) is 12.1 Å². The Hall–Kier alpha value is -0.890. The highest BCUT2D eigenvalue weighted by molar-refractivity contribution is 5.30. The van der Waals surface area contributed by atoms with Gasteiger partial charge in [-0.1, -0.05) is 38.5 Å². The molecule has 1 saturated carbocycles. The minimum Gasteiger partial charge on any atom is -0.316 e. The zero-order chi connectivity index (χ0) is 13.0. The van der Waals surface area contributed by atoms with E-state index >= 15 is 0 Å². The number of benzene rings is 1. The minimum absolute atomic E-state index is 0.000509. The van der Waals surface area contributed by atoms with Gasteiger partial charge in [0.25, 0.3) is 0 Å². The van der Waals surface area contributed by atoms with Gasteiger partial charge in [-0.05, 0) is 43.4 Å². The molecule has 0 radical (unpaired) electrons. The van der Waals surface area contributed by atoms with Crippen molar-refractivity contribution in [3.63, 3.8) is 0 Å². The highest BCUT2D eigenvalue weighted by Crippen LogP contribution is 2.45. The summed E-state index contributed by atoms with van der Waals surface area (Å²) in [6, 6.07) is 7.32. The minimum atomic E-state index is -0.0375. The van der Waals surface area contributed by atoms with Crippen molar-refractivity contribution < 1.29 is 4.39 Å². The second-order valence-electron chi connectivity index (χ2n) is 5.61. The van der Waals surface area contributed by atoms with Crippen LogP contribution in [0.3, 0.4) is 0 Å². The van der Waals surface area contributed by atoms with Gasteiger partial charge in [0.2, 0.25) is 0 Å². The first-order valence-corrected chi connectivity index (χ1v) is 7.16. The maximum Gasteiger partial charge on any atom is 0.127 e. The maximum atomic E-state index is 14.1. The van der Waals surface area contributed by atoms with Crippen LogP contribution >= 0.6 is 0 Å². The van der Waals surface area contributed by atoms with Gasteiger partial charge in [0.05, 0.1) is 0 Å². The number of hydrogen-bond acceptors (Lipinski definition) is 1. The van der Waals surface area contributed by atoms with E-state index in [0.717, 1.165) is 31.5 Å². The van der Waals surface area contributed by atoms with Crippen molar-refractivity contribution in [1.82, 2.24) is 5.32 Å². The number of hydrogen-bond donors (Lipinski definition) is 1. The smallest absolute Gasteiger partial charge is 0.127 e. The molecule has 0 heterocycles. The molecule has 0 saturated heterocycles. The number of rotatable bonds is 5. The SMILES string of the molecule is CCCNCC1(c2ccccc2F)CCCC1C. The molecule has 1 aliphatic rings. The van der Waals surface area contributed by atoms with Crippen LogP contribution in [0, 0.1) is 11.7 Å². The van der Waals surface area contributed by atoms with E-state index in [9.17, 15) is 4.39 Å². The summed E-state index contributed by atoms with van der Waals surface area (Å²) in [5.41, 5.74) is 0.916. The Labute approximate surface area is 110 Å². The third kappa shape index (κ3) is 2.44. The van der Waals surface area contributed by atoms with Crippen LogP contribution < -0.4 is 5.32 Å². The van der Waals surface area contributed by atoms with E-state index in [1.807, 2.05) is 12.1 Å². The molecule has 0 aromatic heterocycles. The summed E-state index contributed by atoms with van der Waals surface area (Å²) in [5, 5.41) is 3.51. The molecule has 1 aromatic rings. The predicted octanol–water partition coefficient (Wildman–Crippen LogP) is 3.88. The van der Waals surface area contributed by atoms with E-state index in [2.05, 4.69) is 19.2 Å². The molecule has 100 valence electrons. The Kier molecular flexibility index (Phi) is 4.39. The lowest BCUT2D eigenvalue weighted by atomic mass is 9.72. The fourth-order valence-electron chi connectivity index (χ4n) is 3.36. The van der Waals surface area contributed by atoms with E-state index in [4.69, 9.17) is 0 Å². The van der Waals surface area contributed by atoms with Crippen molar-refractivity contribution in [2.75, 3.05) is 13.1 Å². The lowest BCUT2D eigenvalue weighted by Gasteiger charge is -2.35. The predicted molar refractivity (Wildman–Crippen MR) is 74.3 cm³/mol. The van der Waals surface area contributed by atoms with Gasteiger partial charge >= 0.3 is 0 Å². The van der Waals surface area contributed by atoms with Crippen LogP contribution in [0.25, 0.3) is 0 Å². The van der Waals surface area contributed by atoms with E-state index < -0.39 is 0 Å². The second kappa shape index (κ2) is 5.83. The second-order valence-corrected chi connectivity index (χ2v) is 5.61. The molecule has 1 N–H and O–H groups in total. The molecule has 0 spiro atoms. The Morgan fingerprint density at radius 1 is 1.39 bits per heavy atom. The zero-order valence-electron chi connectivity index (χ0n) is 11.5. The van der Waals surface area contributed by atoms with Crippen molar-refractivity contribution in [3.8, 4) is 0 Å².